The molecule has 35 heavy (non-hydrogen) atoms. The fourth-order valence-corrected chi connectivity index (χ4v) is 3.93. The summed E-state index contributed by atoms with van der Waals surface area (Å²) in [5.41, 5.74) is 1.54. The molecule has 0 saturated carbocycles. The third kappa shape index (κ3) is 5.46. The minimum atomic E-state index is -1.68. The molecular formula is C25H26O10. The first-order chi connectivity index (χ1) is 16.7. The van der Waals surface area contributed by atoms with Crippen LogP contribution < -0.4 is 4.74 Å². The monoisotopic (exact) mass is 486 g/mol. The molecule has 0 bridgehead atoms. The van der Waals surface area contributed by atoms with E-state index in [1.54, 1.807) is 6.26 Å². The number of phenolic OH excluding ortho intramolecular Hbond substituents is 1. The number of benzene rings is 2. The van der Waals surface area contributed by atoms with Gasteiger partial charge in [-0.25, -0.2) is 0 Å². The van der Waals surface area contributed by atoms with Gasteiger partial charge in [-0.05, 0) is 42.3 Å². The molecule has 10 nitrogen and oxygen atoms in total. The van der Waals surface area contributed by atoms with Gasteiger partial charge < -0.3 is 39.1 Å². The Labute approximate surface area is 200 Å². The van der Waals surface area contributed by atoms with Crippen LogP contribution in [-0.2, 0) is 20.7 Å². The molecule has 2 heterocycles. The molecule has 10 heteroatoms. The van der Waals surface area contributed by atoms with Crippen LogP contribution >= 0.6 is 0 Å². The van der Waals surface area contributed by atoms with Crippen molar-refractivity contribution < 1.29 is 48.6 Å². The summed E-state index contributed by atoms with van der Waals surface area (Å²) >= 11 is 0. The van der Waals surface area contributed by atoms with E-state index in [0.717, 1.165) is 16.5 Å². The Morgan fingerprint density at radius 3 is 2.60 bits per heavy atom. The lowest BCUT2D eigenvalue weighted by molar-refractivity contribution is -0.278. The second-order valence-corrected chi connectivity index (χ2v) is 8.30. The normalized spacial score (nSPS) is 24.3. The first-order valence-electron chi connectivity index (χ1n) is 11.1. The SMILES string of the molecule is CC(=O)OC[C@H]1O[C@@H](Oc2cccc(O)c2C(=O)CCc2ccc3occc3c2)[C@H](O)[C@@H](O)[C@@H]1O. The maximum Gasteiger partial charge on any atom is 0.302 e. The van der Waals surface area contributed by atoms with Crippen molar-refractivity contribution in [1.82, 2.24) is 0 Å². The highest BCUT2D eigenvalue weighted by molar-refractivity contribution is 6.01. The van der Waals surface area contributed by atoms with Crippen molar-refractivity contribution in [2.75, 3.05) is 6.61 Å². The molecule has 186 valence electrons. The highest BCUT2D eigenvalue weighted by Crippen LogP contribution is 2.32. The van der Waals surface area contributed by atoms with Gasteiger partial charge in [-0.2, -0.15) is 0 Å². The van der Waals surface area contributed by atoms with E-state index in [0.29, 0.717) is 6.42 Å². The zero-order valence-electron chi connectivity index (χ0n) is 18.9. The summed E-state index contributed by atoms with van der Waals surface area (Å²) in [5, 5.41) is 42.0. The topological polar surface area (TPSA) is 156 Å². The Bertz CT molecular complexity index is 1200. The van der Waals surface area contributed by atoms with Gasteiger partial charge >= 0.3 is 5.97 Å². The highest BCUT2D eigenvalue weighted by atomic mass is 16.7. The lowest BCUT2D eigenvalue weighted by atomic mass is 9.98. The van der Waals surface area contributed by atoms with Gasteiger partial charge in [-0.3, -0.25) is 9.59 Å². The minimum absolute atomic E-state index is 0.0573. The van der Waals surface area contributed by atoms with E-state index in [1.165, 1.54) is 25.1 Å². The van der Waals surface area contributed by atoms with Crippen molar-refractivity contribution in [1.29, 1.82) is 0 Å². The van der Waals surface area contributed by atoms with Crippen molar-refractivity contribution >= 4 is 22.7 Å². The summed E-state index contributed by atoms with van der Waals surface area (Å²) in [7, 11) is 0. The van der Waals surface area contributed by atoms with Gasteiger partial charge in [0.1, 0.15) is 53.7 Å². The molecule has 0 radical (unpaired) electrons. The van der Waals surface area contributed by atoms with Gasteiger partial charge in [0.15, 0.2) is 5.78 Å². The van der Waals surface area contributed by atoms with Crippen LogP contribution in [0.3, 0.4) is 0 Å². The number of phenols is 1. The van der Waals surface area contributed by atoms with Crippen molar-refractivity contribution in [3.8, 4) is 11.5 Å². The molecule has 5 atom stereocenters. The molecule has 3 aromatic rings. The highest BCUT2D eigenvalue weighted by Gasteiger charge is 2.45. The molecular weight excluding hydrogens is 460 g/mol. The molecule has 4 rings (SSSR count). The van der Waals surface area contributed by atoms with Gasteiger partial charge in [0, 0.05) is 18.7 Å². The quantitative estimate of drug-likeness (QED) is 0.273. The lowest BCUT2D eigenvalue weighted by Crippen LogP contribution is -2.60. The molecule has 1 aliphatic heterocycles. The smallest absolute Gasteiger partial charge is 0.302 e. The first-order valence-corrected chi connectivity index (χ1v) is 11.1. The molecule has 2 aromatic carbocycles. The van der Waals surface area contributed by atoms with Gasteiger partial charge in [0.25, 0.3) is 0 Å². The Kier molecular flexibility index (Phi) is 7.37. The first kappa shape index (κ1) is 24.7. The van der Waals surface area contributed by atoms with E-state index in [4.69, 9.17) is 18.6 Å². The summed E-state index contributed by atoms with van der Waals surface area (Å²) in [6.45, 7) is 0.791. The number of rotatable bonds is 8. The Morgan fingerprint density at radius 1 is 1.03 bits per heavy atom. The van der Waals surface area contributed by atoms with Gasteiger partial charge in [0.05, 0.1) is 6.26 Å². The molecule has 0 aliphatic carbocycles. The number of carbonyl (C=O) groups excluding carboxylic acids is 2. The fraction of sp³-hybridized carbons (Fsp3) is 0.360. The summed E-state index contributed by atoms with van der Waals surface area (Å²) in [4.78, 5) is 24.2. The molecule has 0 amide bonds. The zero-order chi connectivity index (χ0) is 25.1. The van der Waals surface area contributed by atoms with Gasteiger partial charge in [0.2, 0.25) is 6.29 Å². The standard InChI is InChI=1S/C25H26O10/c1-13(26)33-12-20-22(29)23(30)24(31)25(35-20)34-19-4-2-3-16(27)21(19)17(28)7-5-14-6-8-18-15(11-14)9-10-32-18/h2-4,6,8-11,20,22-25,27,29-31H,5,7,12H2,1H3/t20-,22-,23+,24-,25-/m1/s1. The van der Waals surface area contributed by atoms with E-state index >= 15 is 0 Å². The van der Waals surface area contributed by atoms with Crippen LogP contribution in [0.15, 0.2) is 53.1 Å². The average Bonchev–Trinajstić information content (AvgIpc) is 3.30. The van der Waals surface area contributed by atoms with Crippen LogP contribution in [0, 0.1) is 0 Å². The van der Waals surface area contributed by atoms with E-state index in [9.17, 15) is 30.0 Å². The number of carbonyl (C=O) groups is 2. The Morgan fingerprint density at radius 2 is 1.83 bits per heavy atom. The number of ether oxygens (including phenoxy) is 3. The predicted octanol–water partition coefficient (Wildman–Crippen LogP) is 1.70. The van der Waals surface area contributed by atoms with Crippen LogP contribution in [0.25, 0.3) is 11.0 Å². The van der Waals surface area contributed by atoms with E-state index < -0.39 is 42.5 Å². The summed E-state index contributed by atoms with van der Waals surface area (Å²) in [5.74, 6) is -1.42. The molecule has 1 saturated heterocycles. The number of esters is 1. The minimum Gasteiger partial charge on any atom is -0.507 e. The molecule has 4 N–H and O–H groups in total. The van der Waals surface area contributed by atoms with Crippen LogP contribution in [0.5, 0.6) is 11.5 Å². The van der Waals surface area contributed by atoms with Crippen molar-refractivity contribution in [2.24, 2.45) is 0 Å². The number of aryl methyl sites for hydroxylation is 1. The number of Topliss-reactive ketones (excluding diaryl/α,β-unsaturated/α-hetero) is 1. The number of fused-ring (bicyclic) bond motifs is 1. The number of hydrogen-bond donors (Lipinski definition) is 4. The van der Waals surface area contributed by atoms with Crippen LogP contribution in [0.2, 0.25) is 0 Å². The van der Waals surface area contributed by atoms with Gasteiger partial charge in [-0.15, -0.1) is 0 Å². The Hall–Kier alpha value is -3.44. The van der Waals surface area contributed by atoms with Crippen molar-refractivity contribution in [2.45, 2.75) is 50.5 Å². The van der Waals surface area contributed by atoms with E-state index in [-0.39, 0.29) is 30.1 Å². The predicted molar refractivity (Wildman–Crippen MR) is 121 cm³/mol. The number of aliphatic hydroxyl groups excluding tert-OH is 3. The summed E-state index contributed by atoms with van der Waals surface area (Å²) in [6, 6.07) is 11.6. The average molecular weight is 486 g/mol. The van der Waals surface area contributed by atoms with Crippen LogP contribution in [0.4, 0.5) is 0 Å². The number of furan rings is 1. The van der Waals surface area contributed by atoms with Gasteiger partial charge in [-0.1, -0.05) is 12.1 Å². The lowest BCUT2D eigenvalue weighted by Gasteiger charge is -2.40. The number of hydrogen-bond acceptors (Lipinski definition) is 10. The van der Waals surface area contributed by atoms with Crippen molar-refractivity contribution in [3.63, 3.8) is 0 Å². The number of aliphatic hydroxyl groups is 3. The zero-order valence-corrected chi connectivity index (χ0v) is 18.9. The Balaban J connectivity index is 1.49. The third-order valence-electron chi connectivity index (χ3n) is 5.80. The third-order valence-corrected chi connectivity index (χ3v) is 5.80. The molecule has 0 spiro atoms. The molecule has 0 unspecified atom stereocenters. The van der Waals surface area contributed by atoms with Crippen LogP contribution in [0.1, 0.15) is 29.3 Å². The molecule has 1 aliphatic rings. The maximum atomic E-state index is 13.0. The number of aromatic hydroxyl groups is 1. The molecule has 1 aromatic heterocycles. The number of ketones is 1. The fourth-order valence-electron chi connectivity index (χ4n) is 3.93. The van der Waals surface area contributed by atoms with E-state index in [1.807, 2.05) is 24.3 Å². The second-order valence-electron chi connectivity index (χ2n) is 8.30. The van der Waals surface area contributed by atoms with E-state index in [2.05, 4.69) is 0 Å². The van der Waals surface area contributed by atoms with Crippen LogP contribution in [-0.4, -0.2) is 69.5 Å². The van der Waals surface area contributed by atoms with Crippen molar-refractivity contribution in [3.05, 3.63) is 59.9 Å². The summed E-state index contributed by atoms with van der Waals surface area (Å²) in [6.07, 6.45) is -5.54. The largest absolute Gasteiger partial charge is 0.507 e. The maximum absolute atomic E-state index is 13.0. The molecule has 1 fully saturated rings. The summed E-state index contributed by atoms with van der Waals surface area (Å²) < 4.78 is 21.4. The second kappa shape index (κ2) is 10.4.